The molecule has 4 nitrogen and oxygen atoms in total. The molecule has 0 heterocycles. The fourth-order valence-electron chi connectivity index (χ4n) is 3.62. The minimum absolute atomic E-state index is 0. The van der Waals surface area contributed by atoms with Gasteiger partial charge in [-0.05, 0) is 51.4 Å². The van der Waals surface area contributed by atoms with Crippen LogP contribution in [0.25, 0.3) is 0 Å². The summed E-state index contributed by atoms with van der Waals surface area (Å²) in [6, 6.07) is 0. The predicted molar refractivity (Wildman–Crippen MR) is 109 cm³/mol. The Morgan fingerprint density at radius 3 is 0.480 bits per heavy atom. The van der Waals surface area contributed by atoms with Gasteiger partial charge >= 0.3 is 17.6 Å². The van der Waals surface area contributed by atoms with E-state index in [-0.39, 0.29) is 42.0 Å². The molecule has 4 aliphatic carbocycles. The fraction of sp³-hybridized carbons (Fsp3) is 1.00. The van der Waals surface area contributed by atoms with Crippen LogP contribution >= 0.6 is 0 Å². The average molecular weight is 421 g/mol. The third-order valence-electron chi connectivity index (χ3n) is 5.30. The molecule has 0 spiro atoms. The van der Waals surface area contributed by atoms with E-state index in [0.29, 0.717) is 0 Å². The van der Waals surface area contributed by atoms with Crippen molar-refractivity contribution >= 4 is 17.6 Å². The van der Waals surface area contributed by atoms with Crippen molar-refractivity contribution in [2.75, 3.05) is 0 Å². The molecule has 0 aromatic rings. The van der Waals surface area contributed by atoms with Gasteiger partial charge in [0.15, 0.2) is 0 Å². The minimum atomic E-state index is 0. The SMILES string of the molecule is OC1CCCC1.OC1CCCC1.OC1CCCC1.OC1CCCC1.[GeH4]. The van der Waals surface area contributed by atoms with E-state index >= 15 is 0 Å². The van der Waals surface area contributed by atoms with Crippen molar-refractivity contribution in [3.8, 4) is 0 Å². The van der Waals surface area contributed by atoms with Crippen LogP contribution in [0.15, 0.2) is 0 Å². The Kier molecular flexibility index (Phi) is 16.8. The molecular weight excluding hydrogens is 377 g/mol. The van der Waals surface area contributed by atoms with Crippen LogP contribution in [0.1, 0.15) is 103 Å². The Bertz CT molecular complexity index is 211. The molecule has 0 saturated heterocycles. The first-order valence-electron chi connectivity index (χ1n) is 10.3. The van der Waals surface area contributed by atoms with Gasteiger partial charge in [0, 0.05) is 0 Å². The molecular formula is C20H44GeO4. The Morgan fingerprint density at radius 1 is 0.320 bits per heavy atom. The molecule has 25 heavy (non-hydrogen) atoms. The van der Waals surface area contributed by atoms with Crippen molar-refractivity contribution in [1.82, 2.24) is 0 Å². The molecule has 0 unspecified atom stereocenters. The Labute approximate surface area is 165 Å². The first kappa shape index (κ1) is 25.4. The van der Waals surface area contributed by atoms with E-state index in [9.17, 15) is 0 Å². The predicted octanol–water partition coefficient (Wildman–Crippen LogP) is 2.23. The van der Waals surface area contributed by atoms with Gasteiger partial charge in [-0.25, -0.2) is 0 Å². The summed E-state index contributed by atoms with van der Waals surface area (Å²) >= 11 is 0. The van der Waals surface area contributed by atoms with E-state index in [1.807, 2.05) is 0 Å². The summed E-state index contributed by atoms with van der Waals surface area (Å²) in [7, 11) is 0. The van der Waals surface area contributed by atoms with E-state index < -0.39 is 0 Å². The van der Waals surface area contributed by atoms with Crippen molar-refractivity contribution in [2.45, 2.75) is 127 Å². The van der Waals surface area contributed by atoms with E-state index in [0.717, 1.165) is 51.4 Å². The van der Waals surface area contributed by atoms with Crippen LogP contribution in [-0.2, 0) is 0 Å². The standard InChI is InChI=1S/4C5H10O.GeH4/c4*6-5-3-1-2-4-5;/h4*5-6H,1-4H2;1H4. The molecule has 4 N–H and O–H groups in total. The summed E-state index contributed by atoms with van der Waals surface area (Å²) in [5.74, 6) is 0. The molecule has 0 atom stereocenters. The molecule has 4 fully saturated rings. The summed E-state index contributed by atoms with van der Waals surface area (Å²) in [5.41, 5.74) is 0. The van der Waals surface area contributed by atoms with Gasteiger partial charge in [0.1, 0.15) is 0 Å². The fourth-order valence-corrected chi connectivity index (χ4v) is 3.62. The topological polar surface area (TPSA) is 80.9 Å². The quantitative estimate of drug-likeness (QED) is 0.453. The molecule has 4 rings (SSSR count). The van der Waals surface area contributed by atoms with E-state index in [1.54, 1.807) is 0 Å². The van der Waals surface area contributed by atoms with Crippen molar-refractivity contribution in [3.63, 3.8) is 0 Å². The Hall–Kier alpha value is 0.383. The zero-order chi connectivity index (χ0) is 17.6. The van der Waals surface area contributed by atoms with Gasteiger partial charge in [-0.15, -0.1) is 0 Å². The van der Waals surface area contributed by atoms with Gasteiger partial charge in [-0.1, -0.05) is 51.4 Å². The molecule has 0 amide bonds. The van der Waals surface area contributed by atoms with E-state index in [4.69, 9.17) is 20.4 Å². The second kappa shape index (κ2) is 16.5. The van der Waals surface area contributed by atoms with Gasteiger partial charge in [0.25, 0.3) is 0 Å². The van der Waals surface area contributed by atoms with Crippen LogP contribution in [0.5, 0.6) is 0 Å². The van der Waals surface area contributed by atoms with Crippen molar-refractivity contribution in [2.24, 2.45) is 0 Å². The van der Waals surface area contributed by atoms with Crippen LogP contribution in [0, 0.1) is 0 Å². The molecule has 4 saturated carbocycles. The number of aliphatic hydroxyl groups excluding tert-OH is 4. The van der Waals surface area contributed by atoms with Gasteiger partial charge in [-0.3, -0.25) is 0 Å². The van der Waals surface area contributed by atoms with Crippen LogP contribution in [0.4, 0.5) is 0 Å². The Balaban J connectivity index is 0.000000303. The number of hydrogen-bond donors (Lipinski definition) is 4. The molecule has 5 heteroatoms. The molecule has 0 aromatic carbocycles. The second-order valence-electron chi connectivity index (χ2n) is 7.75. The van der Waals surface area contributed by atoms with Crippen molar-refractivity contribution < 1.29 is 20.4 Å². The van der Waals surface area contributed by atoms with Gasteiger partial charge in [0.05, 0.1) is 24.4 Å². The zero-order valence-corrected chi connectivity index (χ0v) is 15.4. The van der Waals surface area contributed by atoms with E-state index in [1.165, 1.54) is 51.4 Å². The number of hydrogen-bond acceptors (Lipinski definition) is 4. The molecule has 0 aromatic heterocycles. The summed E-state index contributed by atoms with van der Waals surface area (Å²) in [6.07, 6.45) is 18.4. The van der Waals surface area contributed by atoms with Crippen molar-refractivity contribution in [1.29, 1.82) is 0 Å². The summed E-state index contributed by atoms with van der Waals surface area (Å²) in [6.45, 7) is 0. The summed E-state index contributed by atoms with van der Waals surface area (Å²) in [4.78, 5) is 0. The monoisotopic (exact) mass is 422 g/mol. The third kappa shape index (κ3) is 15.2. The maximum atomic E-state index is 8.73. The molecule has 152 valence electrons. The van der Waals surface area contributed by atoms with Crippen molar-refractivity contribution in [3.05, 3.63) is 0 Å². The van der Waals surface area contributed by atoms with E-state index in [2.05, 4.69) is 0 Å². The van der Waals surface area contributed by atoms with Crippen LogP contribution in [-0.4, -0.2) is 62.4 Å². The molecule has 4 aliphatic rings. The normalized spacial score (nSPS) is 24.5. The zero-order valence-electron chi connectivity index (χ0n) is 15.4. The summed E-state index contributed by atoms with van der Waals surface area (Å²) < 4.78 is 0. The van der Waals surface area contributed by atoms with Crippen LogP contribution < -0.4 is 0 Å². The van der Waals surface area contributed by atoms with Gasteiger partial charge < -0.3 is 20.4 Å². The molecule has 0 aliphatic heterocycles. The number of rotatable bonds is 0. The first-order chi connectivity index (χ1) is 11.6. The van der Waals surface area contributed by atoms with Crippen LogP contribution in [0.3, 0.4) is 0 Å². The maximum absolute atomic E-state index is 8.73. The summed E-state index contributed by atoms with van der Waals surface area (Å²) in [5, 5.41) is 34.9. The first-order valence-corrected chi connectivity index (χ1v) is 10.3. The average Bonchev–Trinajstić information content (AvgIpc) is 3.31. The van der Waals surface area contributed by atoms with Gasteiger partial charge in [0.2, 0.25) is 0 Å². The van der Waals surface area contributed by atoms with Gasteiger partial charge in [-0.2, -0.15) is 0 Å². The third-order valence-corrected chi connectivity index (χ3v) is 5.30. The van der Waals surface area contributed by atoms with Crippen LogP contribution in [0.2, 0.25) is 0 Å². The molecule has 0 radical (unpaired) electrons. The number of aliphatic hydroxyl groups is 4. The Morgan fingerprint density at radius 2 is 0.440 bits per heavy atom. The second-order valence-corrected chi connectivity index (χ2v) is 7.75. The molecule has 0 bridgehead atoms.